The zero-order valence-electron chi connectivity index (χ0n) is 18.4. The Labute approximate surface area is 182 Å². The van der Waals surface area contributed by atoms with Crippen LogP contribution < -0.4 is 4.74 Å². The SMILES string of the molecule is CCCC1CCC(C2CCC(OC(=O)c3ccc(OCC)c(F)c3C(F)F)CC2)OC1. The first kappa shape index (κ1) is 23.9. The standard InChI is InChI=1S/C24H33F3O4/c1-3-5-15-6-12-19(30-14-15)16-7-9-17(10-8-16)31-24(28)18-11-13-20(29-4-2)22(25)21(18)23(26)27/h11,13,15-17,19,23H,3-10,12,14H2,1-2H3. The highest BCUT2D eigenvalue weighted by Gasteiger charge is 2.34. The number of esters is 1. The van der Waals surface area contributed by atoms with Crippen LogP contribution in [-0.2, 0) is 9.47 Å². The number of carbonyl (C=O) groups excluding carboxylic acids is 1. The summed E-state index contributed by atoms with van der Waals surface area (Å²) in [5.74, 6) is -1.29. The van der Waals surface area contributed by atoms with Gasteiger partial charge in [0.2, 0.25) is 0 Å². The van der Waals surface area contributed by atoms with E-state index in [9.17, 15) is 18.0 Å². The molecule has 174 valence electrons. The summed E-state index contributed by atoms with van der Waals surface area (Å²) in [4.78, 5) is 12.6. The minimum absolute atomic E-state index is 0.136. The third-order valence-corrected chi connectivity index (χ3v) is 6.50. The minimum Gasteiger partial charge on any atom is -0.491 e. The average molecular weight is 443 g/mol. The van der Waals surface area contributed by atoms with Crippen LogP contribution in [0.1, 0.15) is 87.6 Å². The second kappa shape index (κ2) is 11.2. The number of hydrogen-bond acceptors (Lipinski definition) is 4. The maximum atomic E-state index is 14.4. The van der Waals surface area contributed by atoms with Crippen LogP contribution in [0, 0.1) is 17.7 Å². The molecule has 2 fully saturated rings. The Bertz CT molecular complexity index is 724. The van der Waals surface area contributed by atoms with Gasteiger partial charge >= 0.3 is 5.97 Å². The predicted molar refractivity (Wildman–Crippen MR) is 111 cm³/mol. The van der Waals surface area contributed by atoms with Crippen LogP contribution >= 0.6 is 0 Å². The summed E-state index contributed by atoms with van der Waals surface area (Å²) in [7, 11) is 0. The number of benzene rings is 1. The summed E-state index contributed by atoms with van der Waals surface area (Å²) in [6, 6.07) is 2.36. The van der Waals surface area contributed by atoms with Gasteiger partial charge in [-0.25, -0.2) is 18.0 Å². The average Bonchev–Trinajstić information content (AvgIpc) is 2.76. The summed E-state index contributed by atoms with van der Waals surface area (Å²) < 4.78 is 58.0. The van der Waals surface area contributed by atoms with Gasteiger partial charge < -0.3 is 14.2 Å². The van der Waals surface area contributed by atoms with Crippen LogP contribution in [0.4, 0.5) is 13.2 Å². The molecule has 4 nitrogen and oxygen atoms in total. The minimum atomic E-state index is -3.14. The molecule has 1 aliphatic carbocycles. The maximum absolute atomic E-state index is 14.4. The Morgan fingerprint density at radius 1 is 1.13 bits per heavy atom. The highest BCUT2D eigenvalue weighted by Crippen LogP contribution is 2.37. The molecule has 2 unspecified atom stereocenters. The maximum Gasteiger partial charge on any atom is 0.339 e. The monoisotopic (exact) mass is 442 g/mol. The zero-order chi connectivity index (χ0) is 22.4. The molecule has 1 heterocycles. The van der Waals surface area contributed by atoms with E-state index in [1.807, 2.05) is 0 Å². The lowest BCUT2D eigenvalue weighted by Crippen LogP contribution is -2.36. The molecular formula is C24H33F3O4. The molecule has 0 N–H and O–H groups in total. The van der Waals surface area contributed by atoms with E-state index in [4.69, 9.17) is 14.2 Å². The van der Waals surface area contributed by atoms with E-state index in [2.05, 4.69) is 6.92 Å². The van der Waals surface area contributed by atoms with Crippen molar-refractivity contribution in [2.75, 3.05) is 13.2 Å². The quantitative estimate of drug-likeness (QED) is 0.433. The molecule has 0 bridgehead atoms. The second-order valence-corrected chi connectivity index (χ2v) is 8.62. The lowest BCUT2D eigenvalue weighted by atomic mass is 9.80. The van der Waals surface area contributed by atoms with E-state index in [-0.39, 0.29) is 24.6 Å². The van der Waals surface area contributed by atoms with Crippen LogP contribution in [0.25, 0.3) is 0 Å². The summed E-state index contributed by atoms with van der Waals surface area (Å²) in [6.07, 6.45) is 4.52. The van der Waals surface area contributed by atoms with Crippen molar-refractivity contribution < 1.29 is 32.2 Å². The van der Waals surface area contributed by atoms with Crippen LogP contribution in [0.15, 0.2) is 12.1 Å². The first-order chi connectivity index (χ1) is 14.9. The van der Waals surface area contributed by atoms with Crippen molar-refractivity contribution in [3.05, 3.63) is 29.1 Å². The van der Waals surface area contributed by atoms with Crippen molar-refractivity contribution in [2.45, 2.75) is 83.8 Å². The molecule has 0 aromatic heterocycles. The molecule has 0 amide bonds. The lowest BCUT2D eigenvalue weighted by Gasteiger charge is -2.37. The fourth-order valence-electron chi connectivity index (χ4n) is 4.86. The van der Waals surface area contributed by atoms with E-state index in [1.165, 1.54) is 25.3 Å². The van der Waals surface area contributed by atoms with Gasteiger partial charge in [0.15, 0.2) is 11.6 Å². The number of rotatable bonds is 8. The fourth-order valence-corrected chi connectivity index (χ4v) is 4.86. The molecular weight excluding hydrogens is 409 g/mol. The smallest absolute Gasteiger partial charge is 0.339 e. The topological polar surface area (TPSA) is 44.8 Å². The number of carbonyl (C=O) groups is 1. The Hall–Kier alpha value is -1.76. The molecule has 0 radical (unpaired) electrons. The summed E-state index contributed by atoms with van der Waals surface area (Å²) in [5.41, 5.74) is -1.39. The van der Waals surface area contributed by atoms with Gasteiger partial charge in [-0.1, -0.05) is 13.3 Å². The van der Waals surface area contributed by atoms with Crippen molar-refractivity contribution in [2.24, 2.45) is 11.8 Å². The highest BCUT2D eigenvalue weighted by atomic mass is 19.3. The largest absolute Gasteiger partial charge is 0.491 e. The van der Waals surface area contributed by atoms with Crippen molar-refractivity contribution in [1.82, 2.24) is 0 Å². The summed E-state index contributed by atoms with van der Waals surface area (Å²) in [6.45, 7) is 4.78. The third kappa shape index (κ3) is 5.93. The van der Waals surface area contributed by atoms with E-state index in [1.54, 1.807) is 6.92 Å². The highest BCUT2D eigenvalue weighted by molar-refractivity contribution is 5.91. The summed E-state index contributed by atoms with van der Waals surface area (Å²) in [5, 5.41) is 0. The lowest BCUT2D eigenvalue weighted by molar-refractivity contribution is -0.0660. The van der Waals surface area contributed by atoms with Crippen molar-refractivity contribution in [3.63, 3.8) is 0 Å². The summed E-state index contributed by atoms with van der Waals surface area (Å²) >= 11 is 0. The molecule has 1 saturated heterocycles. The Morgan fingerprint density at radius 3 is 2.45 bits per heavy atom. The first-order valence-electron chi connectivity index (χ1n) is 11.5. The molecule has 3 rings (SSSR count). The molecule has 1 aromatic carbocycles. The van der Waals surface area contributed by atoms with E-state index >= 15 is 0 Å². The van der Waals surface area contributed by atoms with Gasteiger partial charge in [-0.15, -0.1) is 0 Å². The van der Waals surface area contributed by atoms with E-state index < -0.39 is 29.3 Å². The second-order valence-electron chi connectivity index (χ2n) is 8.62. The first-order valence-corrected chi connectivity index (χ1v) is 11.5. The van der Waals surface area contributed by atoms with Gasteiger partial charge in [0, 0.05) is 6.61 Å². The van der Waals surface area contributed by atoms with Crippen molar-refractivity contribution in [3.8, 4) is 5.75 Å². The van der Waals surface area contributed by atoms with Crippen LogP contribution in [0.3, 0.4) is 0 Å². The number of ether oxygens (including phenoxy) is 3. The molecule has 31 heavy (non-hydrogen) atoms. The molecule has 0 spiro atoms. The zero-order valence-corrected chi connectivity index (χ0v) is 18.4. The van der Waals surface area contributed by atoms with Gasteiger partial charge in [-0.05, 0) is 75.8 Å². The third-order valence-electron chi connectivity index (χ3n) is 6.50. The van der Waals surface area contributed by atoms with Crippen molar-refractivity contribution in [1.29, 1.82) is 0 Å². The Balaban J connectivity index is 1.55. The van der Waals surface area contributed by atoms with E-state index in [0.29, 0.717) is 24.7 Å². The Morgan fingerprint density at radius 2 is 1.87 bits per heavy atom. The fraction of sp³-hybridized carbons (Fsp3) is 0.708. The molecule has 2 aliphatic rings. The molecule has 1 saturated carbocycles. The Kier molecular flexibility index (Phi) is 8.64. The van der Waals surface area contributed by atoms with Gasteiger partial charge in [0.05, 0.1) is 23.8 Å². The van der Waals surface area contributed by atoms with E-state index in [0.717, 1.165) is 31.9 Å². The molecule has 2 atom stereocenters. The van der Waals surface area contributed by atoms with Gasteiger partial charge in [0.25, 0.3) is 6.43 Å². The van der Waals surface area contributed by atoms with Crippen LogP contribution in [-0.4, -0.2) is 31.4 Å². The van der Waals surface area contributed by atoms with Crippen LogP contribution in [0.2, 0.25) is 0 Å². The van der Waals surface area contributed by atoms with Crippen molar-refractivity contribution >= 4 is 5.97 Å². The number of alkyl halides is 2. The predicted octanol–water partition coefficient (Wildman–Crippen LogP) is 6.47. The molecule has 7 heteroatoms. The van der Waals surface area contributed by atoms with Gasteiger partial charge in [-0.3, -0.25) is 0 Å². The molecule has 1 aliphatic heterocycles. The number of hydrogen-bond donors (Lipinski definition) is 0. The van der Waals surface area contributed by atoms with Gasteiger partial charge in [-0.2, -0.15) is 0 Å². The number of halogens is 3. The molecule has 1 aromatic rings. The normalized spacial score (nSPS) is 26.6. The van der Waals surface area contributed by atoms with Gasteiger partial charge in [0.1, 0.15) is 6.10 Å². The van der Waals surface area contributed by atoms with Crippen LogP contribution in [0.5, 0.6) is 5.75 Å².